The normalized spacial score (nSPS) is 10.3. The molecule has 0 aliphatic rings. The lowest BCUT2D eigenvalue weighted by Crippen LogP contribution is -2.00. The molecule has 4 nitrogen and oxygen atoms in total. The SMILES string of the molecule is COC(=O)c1cc(-c2ccc(Cl)c(C)c2)n[nH]1. The molecular weight excluding hydrogens is 240 g/mol. The fraction of sp³-hybridized carbons (Fsp3) is 0.167. The molecule has 1 aromatic heterocycles. The van der Waals surface area contributed by atoms with Crippen LogP contribution in [0, 0.1) is 6.92 Å². The van der Waals surface area contributed by atoms with E-state index >= 15 is 0 Å². The van der Waals surface area contributed by atoms with Gasteiger partial charge in [-0.3, -0.25) is 5.10 Å². The van der Waals surface area contributed by atoms with Crippen molar-refractivity contribution in [3.05, 3.63) is 40.5 Å². The minimum absolute atomic E-state index is 0.329. The first-order valence-electron chi connectivity index (χ1n) is 5.02. The van der Waals surface area contributed by atoms with Gasteiger partial charge >= 0.3 is 5.97 Å². The number of carbonyl (C=O) groups is 1. The molecule has 0 amide bonds. The highest BCUT2D eigenvalue weighted by Gasteiger charge is 2.11. The van der Waals surface area contributed by atoms with E-state index in [9.17, 15) is 4.79 Å². The molecule has 0 unspecified atom stereocenters. The van der Waals surface area contributed by atoms with Crippen molar-refractivity contribution in [1.29, 1.82) is 0 Å². The first kappa shape index (κ1) is 11.7. The van der Waals surface area contributed by atoms with Gasteiger partial charge in [0.15, 0.2) is 0 Å². The number of ether oxygens (including phenoxy) is 1. The van der Waals surface area contributed by atoms with Crippen LogP contribution < -0.4 is 0 Å². The van der Waals surface area contributed by atoms with Gasteiger partial charge in [0, 0.05) is 10.6 Å². The average molecular weight is 251 g/mol. The summed E-state index contributed by atoms with van der Waals surface area (Å²) < 4.78 is 4.60. The smallest absolute Gasteiger partial charge is 0.356 e. The second-order valence-corrected chi connectivity index (χ2v) is 4.03. The van der Waals surface area contributed by atoms with E-state index in [-0.39, 0.29) is 0 Å². The molecule has 5 heteroatoms. The van der Waals surface area contributed by atoms with E-state index in [0.29, 0.717) is 16.4 Å². The number of carbonyl (C=O) groups excluding carboxylic acids is 1. The highest BCUT2D eigenvalue weighted by molar-refractivity contribution is 6.31. The number of benzene rings is 1. The van der Waals surface area contributed by atoms with E-state index < -0.39 is 5.97 Å². The number of nitrogens with zero attached hydrogens (tertiary/aromatic N) is 1. The number of aryl methyl sites for hydroxylation is 1. The molecule has 0 aliphatic carbocycles. The van der Waals surface area contributed by atoms with Crippen molar-refractivity contribution >= 4 is 17.6 Å². The van der Waals surface area contributed by atoms with E-state index in [2.05, 4.69) is 14.9 Å². The van der Waals surface area contributed by atoms with Crippen LogP contribution in [0.4, 0.5) is 0 Å². The molecular formula is C12H11ClN2O2. The van der Waals surface area contributed by atoms with E-state index in [1.165, 1.54) is 7.11 Å². The second-order valence-electron chi connectivity index (χ2n) is 3.62. The largest absolute Gasteiger partial charge is 0.464 e. The third kappa shape index (κ3) is 2.31. The summed E-state index contributed by atoms with van der Waals surface area (Å²) in [7, 11) is 1.33. The Labute approximate surface area is 104 Å². The number of H-pyrrole nitrogens is 1. The zero-order valence-corrected chi connectivity index (χ0v) is 10.2. The molecule has 0 radical (unpaired) electrons. The highest BCUT2D eigenvalue weighted by atomic mass is 35.5. The van der Waals surface area contributed by atoms with Crippen molar-refractivity contribution in [3.63, 3.8) is 0 Å². The van der Waals surface area contributed by atoms with Gasteiger partial charge in [-0.25, -0.2) is 4.79 Å². The predicted molar refractivity (Wildman–Crippen MR) is 65.1 cm³/mol. The molecule has 1 aromatic carbocycles. The average Bonchev–Trinajstić information content (AvgIpc) is 2.81. The van der Waals surface area contributed by atoms with Crippen LogP contribution in [0.15, 0.2) is 24.3 Å². The van der Waals surface area contributed by atoms with Gasteiger partial charge < -0.3 is 4.74 Å². The number of aromatic nitrogens is 2. The Kier molecular flexibility index (Phi) is 3.15. The van der Waals surface area contributed by atoms with Crippen molar-refractivity contribution in [2.45, 2.75) is 6.92 Å². The summed E-state index contributed by atoms with van der Waals surface area (Å²) in [6, 6.07) is 7.22. The minimum Gasteiger partial charge on any atom is -0.464 e. The van der Waals surface area contributed by atoms with Gasteiger partial charge in [0.1, 0.15) is 5.69 Å². The van der Waals surface area contributed by atoms with Gasteiger partial charge in [-0.05, 0) is 30.7 Å². The third-order valence-corrected chi connectivity index (χ3v) is 2.86. The van der Waals surface area contributed by atoms with Crippen molar-refractivity contribution in [1.82, 2.24) is 10.2 Å². The van der Waals surface area contributed by atoms with E-state index in [1.807, 2.05) is 19.1 Å². The molecule has 2 rings (SSSR count). The van der Waals surface area contributed by atoms with Gasteiger partial charge in [0.2, 0.25) is 0 Å². The Morgan fingerprint density at radius 1 is 1.41 bits per heavy atom. The lowest BCUT2D eigenvalue weighted by molar-refractivity contribution is 0.0594. The maximum Gasteiger partial charge on any atom is 0.356 e. The maximum atomic E-state index is 11.3. The van der Waals surface area contributed by atoms with Crippen molar-refractivity contribution in [3.8, 4) is 11.3 Å². The number of halogens is 1. The molecule has 1 N–H and O–H groups in total. The molecule has 0 bridgehead atoms. The van der Waals surface area contributed by atoms with E-state index in [4.69, 9.17) is 11.6 Å². The zero-order chi connectivity index (χ0) is 12.4. The maximum absolute atomic E-state index is 11.3. The molecule has 0 fully saturated rings. The van der Waals surface area contributed by atoms with Crippen molar-refractivity contribution in [2.24, 2.45) is 0 Å². The molecule has 2 aromatic rings. The summed E-state index contributed by atoms with van der Waals surface area (Å²) in [5.74, 6) is -0.436. The number of aromatic amines is 1. The molecule has 0 saturated heterocycles. The highest BCUT2D eigenvalue weighted by Crippen LogP contribution is 2.23. The lowest BCUT2D eigenvalue weighted by atomic mass is 10.1. The topological polar surface area (TPSA) is 55.0 Å². The van der Waals surface area contributed by atoms with Crippen molar-refractivity contribution < 1.29 is 9.53 Å². The summed E-state index contributed by atoms with van der Waals surface area (Å²) in [5.41, 5.74) is 2.88. The number of nitrogens with one attached hydrogen (secondary N) is 1. The van der Waals surface area contributed by atoms with E-state index in [0.717, 1.165) is 11.1 Å². The summed E-state index contributed by atoms with van der Waals surface area (Å²) in [5, 5.41) is 7.39. The Hall–Kier alpha value is -1.81. The van der Waals surface area contributed by atoms with E-state index in [1.54, 1.807) is 12.1 Å². The summed E-state index contributed by atoms with van der Waals surface area (Å²) >= 11 is 5.94. The molecule has 0 saturated carbocycles. The molecule has 17 heavy (non-hydrogen) atoms. The standard InChI is InChI=1S/C12H11ClN2O2/c1-7-5-8(3-4-9(7)13)10-6-11(15-14-10)12(16)17-2/h3-6H,1-2H3,(H,14,15). The molecule has 1 heterocycles. The molecule has 88 valence electrons. The Balaban J connectivity index is 2.37. The van der Waals surface area contributed by atoms with Gasteiger partial charge in [-0.2, -0.15) is 5.10 Å². The number of hydrogen-bond donors (Lipinski definition) is 1. The minimum atomic E-state index is -0.436. The van der Waals surface area contributed by atoms with Crippen LogP contribution in [0.3, 0.4) is 0 Å². The Bertz CT molecular complexity index is 563. The third-order valence-electron chi connectivity index (χ3n) is 2.44. The van der Waals surface area contributed by atoms with Crippen LogP contribution in [-0.2, 0) is 4.74 Å². The summed E-state index contributed by atoms with van der Waals surface area (Å²) in [6.45, 7) is 1.92. The fourth-order valence-corrected chi connectivity index (χ4v) is 1.61. The zero-order valence-electron chi connectivity index (χ0n) is 9.45. The van der Waals surface area contributed by atoms with Crippen molar-refractivity contribution in [2.75, 3.05) is 7.11 Å². The Morgan fingerprint density at radius 3 is 2.82 bits per heavy atom. The number of methoxy groups -OCH3 is 1. The van der Waals surface area contributed by atoms with Crippen LogP contribution in [0.25, 0.3) is 11.3 Å². The molecule has 0 spiro atoms. The van der Waals surface area contributed by atoms with Crippen LogP contribution in [-0.4, -0.2) is 23.3 Å². The number of rotatable bonds is 2. The number of esters is 1. The van der Waals surface area contributed by atoms with Gasteiger partial charge in [-0.15, -0.1) is 0 Å². The van der Waals surface area contributed by atoms with Gasteiger partial charge in [0.25, 0.3) is 0 Å². The first-order valence-corrected chi connectivity index (χ1v) is 5.40. The quantitative estimate of drug-likeness (QED) is 0.834. The van der Waals surface area contributed by atoms with Crippen LogP contribution in [0.5, 0.6) is 0 Å². The monoisotopic (exact) mass is 250 g/mol. The first-order chi connectivity index (χ1) is 8.11. The Morgan fingerprint density at radius 2 is 2.18 bits per heavy atom. The van der Waals surface area contributed by atoms with Crippen LogP contribution in [0.1, 0.15) is 16.1 Å². The fourth-order valence-electron chi connectivity index (χ4n) is 1.49. The predicted octanol–water partition coefficient (Wildman–Crippen LogP) is 2.83. The second kappa shape index (κ2) is 4.59. The van der Waals surface area contributed by atoms with Crippen LogP contribution in [0.2, 0.25) is 5.02 Å². The van der Waals surface area contributed by atoms with Gasteiger partial charge in [-0.1, -0.05) is 17.7 Å². The lowest BCUT2D eigenvalue weighted by Gasteiger charge is -2.00. The summed E-state index contributed by atoms with van der Waals surface area (Å²) in [6.07, 6.45) is 0. The van der Waals surface area contributed by atoms with Crippen LogP contribution >= 0.6 is 11.6 Å². The van der Waals surface area contributed by atoms with Gasteiger partial charge in [0.05, 0.1) is 12.8 Å². The summed E-state index contributed by atoms with van der Waals surface area (Å²) in [4.78, 5) is 11.3. The number of hydrogen-bond acceptors (Lipinski definition) is 3. The molecule has 0 atom stereocenters. The molecule has 0 aliphatic heterocycles.